The van der Waals surface area contributed by atoms with Crippen molar-refractivity contribution in [3.8, 4) is 0 Å². The second-order valence-corrected chi connectivity index (χ2v) is 2.71. The Morgan fingerprint density at radius 1 is 1.73 bits per heavy atom. The van der Waals surface area contributed by atoms with Crippen molar-refractivity contribution < 1.29 is 4.92 Å². The number of aromatic amines is 1. The van der Waals surface area contributed by atoms with Crippen LogP contribution in [-0.4, -0.2) is 15.1 Å². The van der Waals surface area contributed by atoms with E-state index < -0.39 is 4.92 Å². The fraction of sp³-hybridized carbons (Fsp3) is 0.500. The maximum atomic E-state index is 10.3. The van der Waals surface area contributed by atoms with Crippen molar-refractivity contribution in [3.63, 3.8) is 0 Å². The Kier molecular flexibility index (Phi) is 1.18. The summed E-state index contributed by atoms with van der Waals surface area (Å²) < 4.78 is 0. The minimum Gasteiger partial charge on any atom is -0.358 e. The summed E-state index contributed by atoms with van der Waals surface area (Å²) in [5.74, 6) is 0.446. The van der Waals surface area contributed by atoms with Crippen molar-refractivity contribution in [2.75, 3.05) is 0 Å². The largest absolute Gasteiger partial charge is 0.358 e. The van der Waals surface area contributed by atoms with Crippen LogP contribution in [0.4, 0.5) is 5.82 Å². The molecule has 0 aliphatic heterocycles. The van der Waals surface area contributed by atoms with Crippen LogP contribution in [0.3, 0.4) is 0 Å². The Labute approximate surface area is 62.6 Å². The number of nitrogens with zero attached hydrogens (tertiary/aromatic N) is 2. The van der Waals surface area contributed by atoms with Gasteiger partial charge in [0.15, 0.2) is 0 Å². The molecule has 2 rings (SSSR count). The molecule has 0 atom stereocenters. The zero-order valence-corrected chi connectivity index (χ0v) is 5.78. The Morgan fingerprint density at radius 3 is 3.00 bits per heavy atom. The molecule has 0 bridgehead atoms. The Hall–Kier alpha value is -1.39. The van der Waals surface area contributed by atoms with Crippen LogP contribution in [0.5, 0.6) is 0 Å². The van der Waals surface area contributed by atoms with Gasteiger partial charge in [-0.25, -0.2) is 0 Å². The zero-order chi connectivity index (χ0) is 7.84. The van der Waals surface area contributed by atoms with Gasteiger partial charge >= 0.3 is 5.82 Å². The number of rotatable bonds is 2. The molecule has 5 nitrogen and oxygen atoms in total. The van der Waals surface area contributed by atoms with Crippen LogP contribution in [0.1, 0.15) is 24.3 Å². The van der Waals surface area contributed by atoms with Gasteiger partial charge in [0.2, 0.25) is 0 Å². The van der Waals surface area contributed by atoms with Gasteiger partial charge in [-0.3, -0.25) is 0 Å². The molecular weight excluding hydrogens is 146 g/mol. The lowest BCUT2D eigenvalue weighted by atomic mass is 10.2. The van der Waals surface area contributed by atoms with E-state index in [4.69, 9.17) is 0 Å². The van der Waals surface area contributed by atoms with Gasteiger partial charge in [-0.2, -0.15) is 0 Å². The molecule has 1 saturated carbocycles. The number of H-pyrrole nitrogens is 1. The fourth-order valence-electron chi connectivity index (χ4n) is 1.13. The highest BCUT2D eigenvalue weighted by Gasteiger charge is 2.31. The van der Waals surface area contributed by atoms with E-state index in [0.717, 1.165) is 18.4 Å². The molecule has 0 spiro atoms. The van der Waals surface area contributed by atoms with Gasteiger partial charge in [0, 0.05) is 0 Å². The second-order valence-electron chi connectivity index (χ2n) is 2.71. The lowest BCUT2D eigenvalue weighted by Gasteiger charge is -1.91. The third-order valence-electron chi connectivity index (χ3n) is 1.85. The van der Waals surface area contributed by atoms with E-state index in [0.29, 0.717) is 5.92 Å². The van der Waals surface area contributed by atoms with E-state index in [9.17, 15) is 10.1 Å². The lowest BCUT2D eigenvalue weighted by Crippen LogP contribution is -1.91. The molecule has 1 aromatic rings. The van der Waals surface area contributed by atoms with Crippen molar-refractivity contribution >= 4 is 5.82 Å². The summed E-state index contributed by atoms with van der Waals surface area (Å²) in [6.45, 7) is 0. The average Bonchev–Trinajstić information content (AvgIpc) is 2.68. The molecule has 58 valence electrons. The van der Waals surface area contributed by atoms with Crippen molar-refractivity contribution in [1.82, 2.24) is 10.2 Å². The first-order valence-corrected chi connectivity index (χ1v) is 3.46. The molecule has 0 saturated heterocycles. The van der Waals surface area contributed by atoms with Gasteiger partial charge in [-0.1, -0.05) is 5.10 Å². The molecule has 11 heavy (non-hydrogen) atoms. The summed E-state index contributed by atoms with van der Waals surface area (Å²) in [6, 6.07) is 0. The summed E-state index contributed by atoms with van der Waals surface area (Å²) >= 11 is 0. The highest BCUT2D eigenvalue weighted by Crippen LogP contribution is 2.42. The van der Waals surface area contributed by atoms with Crippen molar-refractivity contribution in [2.45, 2.75) is 18.8 Å². The number of hydrogen-bond donors (Lipinski definition) is 1. The van der Waals surface area contributed by atoms with E-state index in [1.807, 2.05) is 0 Å². The van der Waals surface area contributed by atoms with Crippen molar-refractivity contribution in [3.05, 3.63) is 21.9 Å². The van der Waals surface area contributed by atoms with Gasteiger partial charge in [0.1, 0.15) is 0 Å². The molecule has 0 unspecified atom stereocenters. The summed E-state index contributed by atoms with van der Waals surface area (Å²) in [6.07, 6.45) is 3.66. The van der Waals surface area contributed by atoms with E-state index >= 15 is 0 Å². The lowest BCUT2D eigenvalue weighted by molar-refractivity contribution is -0.390. The first kappa shape index (κ1) is 6.33. The first-order chi connectivity index (χ1) is 5.29. The number of hydrogen-bond acceptors (Lipinski definition) is 3. The average molecular weight is 153 g/mol. The van der Waals surface area contributed by atoms with Gasteiger partial charge in [0.05, 0.1) is 11.8 Å². The first-order valence-electron chi connectivity index (χ1n) is 3.46. The third kappa shape index (κ3) is 0.978. The minimum absolute atomic E-state index is 0.0625. The van der Waals surface area contributed by atoms with Gasteiger partial charge in [-0.05, 0) is 23.7 Å². The maximum Gasteiger partial charge on any atom is 0.346 e. The standard InChI is InChI=1S/C6H7N3O2/c10-9(11)6-5(3-7-8-6)4-1-2-4/h3-4H,1-2H2,(H,7,8). The number of nitro groups is 1. The molecule has 1 aromatic heterocycles. The highest BCUT2D eigenvalue weighted by molar-refractivity contribution is 5.35. The summed E-state index contributed by atoms with van der Waals surface area (Å²) in [5.41, 5.74) is 0.759. The predicted molar refractivity (Wildman–Crippen MR) is 37.2 cm³/mol. The molecule has 1 fully saturated rings. The van der Waals surface area contributed by atoms with Crippen molar-refractivity contribution in [1.29, 1.82) is 0 Å². The van der Waals surface area contributed by atoms with Crippen LogP contribution in [0, 0.1) is 10.1 Å². The van der Waals surface area contributed by atoms with Gasteiger partial charge < -0.3 is 10.1 Å². The molecule has 1 N–H and O–H groups in total. The summed E-state index contributed by atoms with van der Waals surface area (Å²) in [4.78, 5) is 9.93. The van der Waals surface area contributed by atoms with E-state index in [1.165, 1.54) is 0 Å². The predicted octanol–water partition coefficient (Wildman–Crippen LogP) is 1.20. The molecule has 0 radical (unpaired) electrons. The second kappa shape index (κ2) is 2.05. The summed E-state index contributed by atoms with van der Waals surface area (Å²) in [7, 11) is 0. The Morgan fingerprint density at radius 2 is 2.45 bits per heavy atom. The number of nitrogens with one attached hydrogen (secondary N) is 1. The Balaban J connectivity index is 2.37. The fourth-order valence-corrected chi connectivity index (χ4v) is 1.13. The number of aromatic nitrogens is 2. The molecule has 0 amide bonds. The zero-order valence-electron chi connectivity index (χ0n) is 5.78. The minimum atomic E-state index is -0.416. The summed E-state index contributed by atoms with van der Waals surface area (Å²) in [5, 5.41) is 16.4. The monoisotopic (exact) mass is 153 g/mol. The van der Waals surface area contributed by atoms with Crippen molar-refractivity contribution in [2.24, 2.45) is 0 Å². The van der Waals surface area contributed by atoms with Crippen LogP contribution >= 0.6 is 0 Å². The van der Waals surface area contributed by atoms with Crippen LogP contribution in [0.15, 0.2) is 6.20 Å². The maximum absolute atomic E-state index is 10.3. The van der Waals surface area contributed by atoms with Crippen LogP contribution in [0.25, 0.3) is 0 Å². The third-order valence-corrected chi connectivity index (χ3v) is 1.85. The van der Waals surface area contributed by atoms with Gasteiger partial charge in [-0.15, -0.1) is 5.10 Å². The molecule has 0 aromatic carbocycles. The molecule has 5 heteroatoms. The van der Waals surface area contributed by atoms with Crippen LogP contribution < -0.4 is 0 Å². The van der Waals surface area contributed by atoms with Crippen LogP contribution in [-0.2, 0) is 0 Å². The molecule has 1 aliphatic carbocycles. The smallest absolute Gasteiger partial charge is 0.346 e. The quantitative estimate of drug-likeness (QED) is 0.512. The van der Waals surface area contributed by atoms with E-state index in [1.54, 1.807) is 6.20 Å². The normalized spacial score (nSPS) is 16.7. The van der Waals surface area contributed by atoms with Gasteiger partial charge in [0.25, 0.3) is 0 Å². The molecular formula is C6H7N3O2. The SMILES string of the molecule is O=[N+]([O-])c1[nH]ncc1C1CC1. The van der Waals surface area contributed by atoms with E-state index in [2.05, 4.69) is 10.2 Å². The van der Waals surface area contributed by atoms with E-state index in [-0.39, 0.29) is 5.82 Å². The highest BCUT2D eigenvalue weighted by atomic mass is 16.6. The molecule has 1 aliphatic rings. The topological polar surface area (TPSA) is 71.8 Å². The van der Waals surface area contributed by atoms with Crippen LogP contribution in [0.2, 0.25) is 0 Å². The molecule has 1 heterocycles. The Bertz CT molecular complexity index is 290.